The van der Waals surface area contributed by atoms with Gasteiger partial charge in [0.25, 0.3) is 10.0 Å². The summed E-state index contributed by atoms with van der Waals surface area (Å²) in [6.45, 7) is 6.03. The number of thioether (sulfide) groups is 1. The molecule has 0 fully saturated rings. The second kappa shape index (κ2) is 9.16. The van der Waals surface area contributed by atoms with Gasteiger partial charge in [-0.15, -0.1) is 11.8 Å². The van der Waals surface area contributed by atoms with Gasteiger partial charge in [0.15, 0.2) is 0 Å². The fourth-order valence-electron chi connectivity index (χ4n) is 3.46. The molecule has 0 spiro atoms. The smallest absolute Gasteiger partial charge is 0.344 e. The normalized spacial score (nSPS) is 16.9. The number of halogens is 1. The molecule has 1 aliphatic rings. The van der Waals surface area contributed by atoms with Crippen LogP contribution in [-0.2, 0) is 21.2 Å². The van der Waals surface area contributed by atoms with Crippen molar-refractivity contribution in [3.8, 4) is 0 Å². The minimum absolute atomic E-state index is 0.0459. The number of hydrogen-bond acceptors (Lipinski definition) is 4. The zero-order chi connectivity index (χ0) is 22.1. The fraction of sp³-hybridized carbons (Fsp3) is 0.318. The Bertz CT molecular complexity index is 1090. The van der Waals surface area contributed by atoms with Crippen molar-refractivity contribution in [2.24, 2.45) is 5.92 Å². The van der Waals surface area contributed by atoms with Crippen LogP contribution in [0.1, 0.15) is 42.2 Å². The highest BCUT2D eigenvalue weighted by Gasteiger charge is 2.33. The molecule has 8 heteroatoms. The number of allylic oxidation sites excluding steroid dienone is 1. The number of carboxylic acid groups (broad SMARTS) is 1. The van der Waals surface area contributed by atoms with E-state index in [0.29, 0.717) is 17.9 Å². The lowest BCUT2D eigenvalue weighted by Crippen LogP contribution is -2.25. The number of aryl methyl sites for hydroxylation is 1. The van der Waals surface area contributed by atoms with Crippen LogP contribution in [0.25, 0.3) is 0 Å². The van der Waals surface area contributed by atoms with Crippen molar-refractivity contribution < 1.29 is 18.3 Å². The van der Waals surface area contributed by atoms with Crippen molar-refractivity contribution in [2.75, 3.05) is 0 Å². The molecule has 0 saturated carbocycles. The van der Waals surface area contributed by atoms with Crippen LogP contribution >= 0.6 is 27.7 Å². The van der Waals surface area contributed by atoms with Gasteiger partial charge in [-0.05, 0) is 54.2 Å². The summed E-state index contributed by atoms with van der Waals surface area (Å²) in [4.78, 5) is 12.0. The van der Waals surface area contributed by atoms with Gasteiger partial charge in [-0.1, -0.05) is 54.0 Å². The van der Waals surface area contributed by atoms with Gasteiger partial charge in [-0.2, -0.15) is 0 Å². The zero-order valence-electron chi connectivity index (χ0n) is 17.0. The molecular formula is C22H24BrNO4S2. The van der Waals surface area contributed by atoms with Crippen molar-refractivity contribution >= 4 is 43.7 Å². The molecule has 160 valence electrons. The summed E-state index contributed by atoms with van der Waals surface area (Å²) in [7, 11) is -3.89. The Morgan fingerprint density at radius 1 is 1.23 bits per heavy atom. The molecule has 1 aliphatic heterocycles. The average molecular weight is 510 g/mol. The van der Waals surface area contributed by atoms with Crippen molar-refractivity contribution in [1.29, 1.82) is 0 Å². The van der Waals surface area contributed by atoms with Crippen LogP contribution < -0.4 is 4.72 Å². The van der Waals surface area contributed by atoms with E-state index in [-0.39, 0.29) is 20.7 Å². The van der Waals surface area contributed by atoms with Gasteiger partial charge in [0.05, 0.1) is 4.90 Å². The van der Waals surface area contributed by atoms with Gasteiger partial charge in [0.1, 0.15) is 4.91 Å². The average Bonchev–Trinajstić information content (AvgIpc) is 3.04. The number of carbonyl (C=O) groups is 1. The third-order valence-corrected chi connectivity index (χ3v) is 8.22. The number of carboxylic acids is 1. The van der Waals surface area contributed by atoms with E-state index in [1.165, 1.54) is 23.4 Å². The van der Waals surface area contributed by atoms with Crippen LogP contribution in [-0.4, -0.2) is 19.5 Å². The first kappa shape index (κ1) is 22.9. The highest BCUT2D eigenvalue weighted by atomic mass is 79.9. The van der Waals surface area contributed by atoms with E-state index in [4.69, 9.17) is 0 Å². The summed E-state index contributed by atoms with van der Waals surface area (Å²) in [5, 5.41) is 9.48. The minimum atomic E-state index is -3.89. The maximum absolute atomic E-state index is 12.9. The number of aliphatic carboxylic acids is 1. The van der Waals surface area contributed by atoms with Crippen molar-refractivity contribution in [3.05, 3.63) is 74.2 Å². The predicted molar refractivity (Wildman–Crippen MR) is 124 cm³/mol. The van der Waals surface area contributed by atoms with Crippen LogP contribution in [0.4, 0.5) is 0 Å². The highest BCUT2D eigenvalue weighted by molar-refractivity contribution is 9.10. The van der Waals surface area contributed by atoms with Crippen LogP contribution in [0.2, 0.25) is 0 Å². The van der Waals surface area contributed by atoms with Gasteiger partial charge in [0, 0.05) is 21.8 Å². The summed E-state index contributed by atoms with van der Waals surface area (Å²) in [5.41, 5.74) is 3.03. The molecular weight excluding hydrogens is 486 g/mol. The highest BCUT2D eigenvalue weighted by Crippen LogP contribution is 2.47. The zero-order valence-corrected chi connectivity index (χ0v) is 20.2. The van der Waals surface area contributed by atoms with E-state index >= 15 is 0 Å². The lowest BCUT2D eigenvalue weighted by molar-refractivity contribution is -0.131. The van der Waals surface area contributed by atoms with Crippen LogP contribution in [0.15, 0.2) is 62.4 Å². The maximum Gasteiger partial charge on any atom is 0.344 e. The fourth-order valence-corrected chi connectivity index (χ4v) is 6.55. The molecule has 2 aromatic rings. The topological polar surface area (TPSA) is 83.5 Å². The van der Waals surface area contributed by atoms with Gasteiger partial charge < -0.3 is 5.11 Å². The summed E-state index contributed by atoms with van der Waals surface area (Å²) in [5.74, 6) is -0.566. The van der Waals surface area contributed by atoms with E-state index in [9.17, 15) is 18.3 Å². The molecule has 5 nitrogen and oxygen atoms in total. The van der Waals surface area contributed by atoms with Gasteiger partial charge >= 0.3 is 5.97 Å². The number of benzene rings is 2. The van der Waals surface area contributed by atoms with Gasteiger partial charge in [-0.25, -0.2) is 13.2 Å². The maximum atomic E-state index is 12.9. The molecule has 2 aromatic carbocycles. The standard InChI is InChI=1S/C22H24BrNO4S2/c1-13(2)10-15-4-6-16(7-5-15)19-12-18(21(29-19)22(25)26)24-30(27,28)20-9-8-17(23)11-14(20)3/h4-9,11,13,19,24H,10,12H2,1-3H3,(H,25,26). The van der Waals surface area contributed by atoms with Crippen molar-refractivity contribution in [1.82, 2.24) is 4.72 Å². The van der Waals surface area contributed by atoms with E-state index < -0.39 is 16.0 Å². The van der Waals surface area contributed by atoms with E-state index in [1.54, 1.807) is 19.1 Å². The molecule has 0 aromatic heterocycles. The molecule has 0 saturated heterocycles. The molecule has 2 N–H and O–H groups in total. The van der Waals surface area contributed by atoms with Gasteiger partial charge in [0.2, 0.25) is 0 Å². The molecule has 1 heterocycles. The molecule has 0 bridgehead atoms. The quantitative estimate of drug-likeness (QED) is 0.521. The van der Waals surface area contributed by atoms with E-state index in [0.717, 1.165) is 16.5 Å². The number of rotatable bonds is 7. The molecule has 30 heavy (non-hydrogen) atoms. The number of sulfonamides is 1. The van der Waals surface area contributed by atoms with Gasteiger partial charge in [-0.3, -0.25) is 4.72 Å². The van der Waals surface area contributed by atoms with Crippen molar-refractivity contribution in [3.63, 3.8) is 0 Å². The molecule has 0 amide bonds. The number of hydrogen-bond donors (Lipinski definition) is 2. The minimum Gasteiger partial charge on any atom is -0.477 e. The summed E-state index contributed by atoms with van der Waals surface area (Å²) in [6.07, 6.45) is 1.29. The summed E-state index contributed by atoms with van der Waals surface area (Å²) < 4.78 is 29.1. The first-order valence-electron chi connectivity index (χ1n) is 9.57. The Kier molecular flexibility index (Phi) is 6.99. The SMILES string of the molecule is Cc1cc(Br)ccc1S(=O)(=O)NC1=C(C(=O)O)SC(c2ccc(CC(C)C)cc2)C1. The lowest BCUT2D eigenvalue weighted by atomic mass is 10.00. The lowest BCUT2D eigenvalue weighted by Gasteiger charge is -2.13. The molecule has 0 aliphatic carbocycles. The second-order valence-electron chi connectivity index (χ2n) is 7.78. The predicted octanol–water partition coefficient (Wildman–Crippen LogP) is 5.41. The first-order chi connectivity index (χ1) is 14.1. The van der Waals surface area contributed by atoms with Crippen molar-refractivity contribution in [2.45, 2.75) is 43.8 Å². The summed E-state index contributed by atoms with van der Waals surface area (Å²) >= 11 is 4.51. The molecule has 1 unspecified atom stereocenters. The first-order valence-corrected chi connectivity index (χ1v) is 12.7. The van der Waals surface area contributed by atoms with E-state index in [2.05, 4.69) is 46.6 Å². The van der Waals surface area contributed by atoms with Crippen LogP contribution in [0, 0.1) is 12.8 Å². The third-order valence-electron chi connectivity index (χ3n) is 4.80. The number of nitrogens with one attached hydrogen (secondary N) is 1. The third kappa shape index (κ3) is 5.28. The van der Waals surface area contributed by atoms with Crippen LogP contribution in [0.5, 0.6) is 0 Å². The Morgan fingerprint density at radius 3 is 2.47 bits per heavy atom. The Balaban J connectivity index is 1.83. The Labute approximate surface area is 190 Å². The monoisotopic (exact) mass is 509 g/mol. The molecule has 3 rings (SSSR count). The van der Waals surface area contributed by atoms with E-state index in [1.807, 2.05) is 12.1 Å². The Hall–Kier alpha value is -1.77. The Morgan fingerprint density at radius 2 is 1.90 bits per heavy atom. The molecule has 1 atom stereocenters. The largest absolute Gasteiger partial charge is 0.477 e. The summed E-state index contributed by atoms with van der Waals surface area (Å²) in [6, 6.07) is 13.0. The second-order valence-corrected chi connectivity index (χ2v) is 11.6. The van der Waals surface area contributed by atoms with Crippen LogP contribution in [0.3, 0.4) is 0 Å². The molecule has 0 radical (unpaired) electrons.